The van der Waals surface area contributed by atoms with Gasteiger partial charge in [0.15, 0.2) is 11.5 Å². The molecule has 0 N–H and O–H groups in total. The van der Waals surface area contributed by atoms with Crippen molar-refractivity contribution >= 4 is 34.1 Å². The Morgan fingerprint density at radius 2 is 1.00 bits per heavy atom. The van der Waals surface area contributed by atoms with E-state index in [0.717, 1.165) is 45.5 Å². The molecule has 264 valence electrons. The number of hydrogen-bond acceptors (Lipinski definition) is 3. The van der Waals surface area contributed by atoms with E-state index in [1.54, 1.807) is 0 Å². The molecule has 8 aromatic carbocycles. The lowest BCUT2D eigenvalue weighted by Gasteiger charge is -2.46. The van der Waals surface area contributed by atoms with Gasteiger partial charge in [0.25, 0.3) is 0 Å². The first kappa shape index (κ1) is 32.8. The lowest BCUT2D eigenvalue weighted by atomic mass is 9.70. The third-order valence-electron chi connectivity index (χ3n) is 11.3. The number of fused-ring (bicyclic) bond motifs is 4. The highest BCUT2D eigenvalue weighted by molar-refractivity contribution is 5.98. The van der Waals surface area contributed by atoms with Crippen LogP contribution in [-0.4, -0.2) is 0 Å². The van der Waals surface area contributed by atoms with Gasteiger partial charge in [-0.05, 0) is 112 Å². The van der Waals surface area contributed by atoms with E-state index in [4.69, 9.17) is 4.74 Å². The lowest BCUT2D eigenvalue weighted by Crippen LogP contribution is -2.33. The van der Waals surface area contributed by atoms with Crippen LogP contribution >= 0.6 is 0 Å². The Labute approximate surface area is 323 Å². The topological polar surface area (TPSA) is 15.7 Å². The van der Waals surface area contributed by atoms with Crippen molar-refractivity contribution in [2.75, 3.05) is 9.80 Å². The molecule has 8 aromatic rings. The number of anilines is 6. The molecule has 0 amide bonds. The molecule has 2 heterocycles. The molecule has 0 atom stereocenters. The number of nitrogens with zero attached hydrogens (tertiary/aromatic N) is 2. The van der Waals surface area contributed by atoms with Gasteiger partial charge in [-0.25, -0.2) is 0 Å². The number of para-hydroxylation sites is 2. The van der Waals surface area contributed by atoms with Crippen molar-refractivity contribution < 1.29 is 4.74 Å². The largest absolute Gasteiger partial charge is 0.453 e. The van der Waals surface area contributed by atoms with Crippen LogP contribution in [0.4, 0.5) is 34.1 Å². The minimum Gasteiger partial charge on any atom is -0.453 e. The van der Waals surface area contributed by atoms with Crippen LogP contribution in [0.15, 0.2) is 188 Å². The lowest BCUT2D eigenvalue weighted by molar-refractivity contribution is 0.471. The Hall–Kier alpha value is -6.84. The van der Waals surface area contributed by atoms with Gasteiger partial charge in [-0.2, -0.15) is 0 Å². The zero-order valence-corrected chi connectivity index (χ0v) is 31.2. The maximum Gasteiger partial charge on any atom is 0.151 e. The van der Waals surface area contributed by atoms with Gasteiger partial charge >= 0.3 is 0 Å². The van der Waals surface area contributed by atoms with Crippen molar-refractivity contribution in [3.63, 3.8) is 0 Å². The summed E-state index contributed by atoms with van der Waals surface area (Å²) in [6, 6.07) is 67.6. The van der Waals surface area contributed by atoms with Gasteiger partial charge in [0.1, 0.15) is 0 Å². The summed E-state index contributed by atoms with van der Waals surface area (Å²) in [6.07, 6.45) is 0. The standard InChI is InChI=1S/C52H40N2O/c1-35-14-12-23-47-50(35)54-46-22-11-10-21-45(46)52(2,3)49-44(32-33-48(55-47)51(49)54)40-19-13-20-43(34-40)53(41-28-24-38(25-29-41)36-15-6-4-7-16-36)42-30-26-39(27-31-42)37-17-8-5-9-18-37/h4-34H,1-3H3. The molecule has 0 aliphatic carbocycles. The molecular formula is C52H40N2O. The zero-order valence-electron chi connectivity index (χ0n) is 31.2. The minimum absolute atomic E-state index is 0.298. The third kappa shape index (κ3) is 5.42. The Kier molecular flexibility index (Phi) is 7.71. The number of hydrogen-bond donors (Lipinski definition) is 0. The van der Waals surface area contributed by atoms with E-state index >= 15 is 0 Å². The highest BCUT2D eigenvalue weighted by atomic mass is 16.5. The summed E-state index contributed by atoms with van der Waals surface area (Å²) in [5.74, 6) is 1.77. The van der Waals surface area contributed by atoms with Gasteiger partial charge in [0, 0.05) is 22.5 Å². The third-order valence-corrected chi connectivity index (χ3v) is 11.3. The molecule has 0 bridgehead atoms. The van der Waals surface area contributed by atoms with E-state index in [0.29, 0.717) is 0 Å². The van der Waals surface area contributed by atoms with E-state index in [1.807, 2.05) is 0 Å². The molecule has 0 aromatic heterocycles. The second-order valence-electron chi connectivity index (χ2n) is 15.0. The van der Waals surface area contributed by atoms with Crippen molar-refractivity contribution in [1.29, 1.82) is 0 Å². The smallest absolute Gasteiger partial charge is 0.151 e. The highest BCUT2D eigenvalue weighted by Gasteiger charge is 2.43. The average Bonchev–Trinajstić information content (AvgIpc) is 3.24. The van der Waals surface area contributed by atoms with E-state index < -0.39 is 0 Å². The normalized spacial score (nSPS) is 13.3. The first-order chi connectivity index (χ1) is 27.0. The predicted octanol–water partition coefficient (Wildman–Crippen LogP) is 14.7. The molecule has 0 radical (unpaired) electrons. The molecule has 0 fully saturated rings. The van der Waals surface area contributed by atoms with Crippen molar-refractivity contribution in [3.8, 4) is 44.9 Å². The summed E-state index contributed by atoms with van der Waals surface area (Å²) in [6.45, 7) is 6.89. The molecule has 3 heteroatoms. The Bertz CT molecular complexity index is 2620. The summed E-state index contributed by atoms with van der Waals surface area (Å²) in [7, 11) is 0. The van der Waals surface area contributed by atoms with Gasteiger partial charge in [0.2, 0.25) is 0 Å². The molecule has 2 aliphatic heterocycles. The van der Waals surface area contributed by atoms with Crippen molar-refractivity contribution in [2.45, 2.75) is 26.2 Å². The van der Waals surface area contributed by atoms with Crippen molar-refractivity contribution in [1.82, 2.24) is 0 Å². The fourth-order valence-corrected chi connectivity index (χ4v) is 8.68. The van der Waals surface area contributed by atoms with Crippen molar-refractivity contribution in [2.24, 2.45) is 0 Å². The first-order valence-electron chi connectivity index (χ1n) is 19.0. The Morgan fingerprint density at radius 3 is 1.65 bits per heavy atom. The van der Waals surface area contributed by atoms with E-state index in [9.17, 15) is 0 Å². The quantitative estimate of drug-likeness (QED) is 0.171. The van der Waals surface area contributed by atoms with Crippen molar-refractivity contribution in [3.05, 3.63) is 205 Å². The Morgan fingerprint density at radius 1 is 0.455 bits per heavy atom. The van der Waals surface area contributed by atoms with Crippen LogP contribution in [0.25, 0.3) is 33.4 Å². The summed E-state index contributed by atoms with van der Waals surface area (Å²) < 4.78 is 6.72. The van der Waals surface area contributed by atoms with E-state index in [-0.39, 0.29) is 5.41 Å². The van der Waals surface area contributed by atoms with Crippen LogP contribution in [-0.2, 0) is 5.41 Å². The van der Waals surface area contributed by atoms with Crippen LogP contribution in [0.5, 0.6) is 11.5 Å². The number of rotatable bonds is 6. The summed E-state index contributed by atoms with van der Waals surface area (Å²) in [5, 5.41) is 0. The maximum atomic E-state index is 6.72. The zero-order chi connectivity index (χ0) is 37.1. The van der Waals surface area contributed by atoms with Crippen LogP contribution in [0.2, 0.25) is 0 Å². The van der Waals surface area contributed by atoms with Gasteiger partial charge in [-0.1, -0.05) is 147 Å². The number of ether oxygens (including phenoxy) is 1. The molecule has 0 unspecified atom stereocenters. The van der Waals surface area contributed by atoms with Crippen LogP contribution in [0.3, 0.4) is 0 Å². The molecule has 10 rings (SSSR count). The number of aryl methyl sites for hydroxylation is 1. The maximum absolute atomic E-state index is 6.72. The monoisotopic (exact) mass is 708 g/mol. The molecule has 55 heavy (non-hydrogen) atoms. The average molecular weight is 709 g/mol. The molecule has 2 aliphatic rings. The predicted molar refractivity (Wildman–Crippen MR) is 229 cm³/mol. The summed E-state index contributed by atoms with van der Waals surface area (Å²) in [5.41, 5.74) is 17.3. The van der Waals surface area contributed by atoms with Gasteiger partial charge in [-0.3, -0.25) is 0 Å². The second kappa shape index (κ2) is 12.9. The fourth-order valence-electron chi connectivity index (χ4n) is 8.68. The molecule has 0 spiro atoms. The number of benzene rings is 8. The van der Waals surface area contributed by atoms with Crippen LogP contribution < -0.4 is 14.5 Å². The van der Waals surface area contributed by atoms with Crippen LogP contribution in [0.1, 0.15) is 30.5 Å². The first-order valence-corrected chi connectivity index (χ1v) is 19.0. The molecule has 0 saturated heterocycles. The SMILES string of the molecule is Cc1cccc2c1N1c3ccccc3C(C)(C)c3c(-c4cccc(N(c5ccc(-c6ccccc6)cc5)c5ccc(-c6ccccc6)cc5)c4)ccc(c31)O2. The Balaban J connectivity index is 1.13. The molecular weight excluding hydrogens is 669 g/mol. The molecule has 0 saturated carbocycles. The van der Waals surface area contributed by atoms with E-state index in [2.05, 4.69) is 219 Å². The van der Waals surface area contributed by atoms with Gasteiger partial charge < -0.3 is 14.5 Å². The van der Waals surface area contributed by atoms with Crippen LogP contribution in [0, 0.1) is 6.92 Å². The van der Waals surface area contributed by atoms with Gasteiger partial charge in [0.05, 0.1) is 17.1 Å². The van der Waals surface area contributed by atoms with Gasteiger partial charge in [-0.15, -0.1) is 0 Å². The summed E-state index contributed by atoms with van der Waals surface area (Å²) >= 11 is 0. The van der Waals surface area contributed by atoms with E-state index in [1.165, 1.54) is 50.2 Å². The summed E-state index contributed by atoms with van der Waals surface area (Å²) in [4.78, 5) is 4.81. The minimum atomic E-state index is -0.298. The second-order valence-corrected chi connectivity index (χ2v) is 15.0. The fraction of sp³-hybridized carbons (Fsp3) is 0.0769. The molecule has 3 nitrogen and oxygen atoms in total. The highest BCUT2D eigenvalue weighted by Crippen LogP contribution is 2.62.